The third-order valence-electron chi connectivity index (χ3n) is 3.87. The summed E-state index contributed by atoms with van der Waals surface area (Å²) in [7, 11) is -2.14. The van der Waals surface area contributed by atoms with Gasteiger partial charge in [0.2, 0.25) is 15.9 Å². The van der Waals surface area contributed by atoms with E-state index in [1.807, 2.05) is 0 Å². The minimum Gasteiger partial charge on any atom is -0.495 e. The maximum Gasteiger partial charge on any atom is 0.232 e. The Bertz CT molecular complexity index is 923. The van der Waals surface area contributed by atoms with Gasteiger partial charge in [-0.25, -0.2) is 8.42 Å². The standard InChI is InChI=1S/C19H22N2O5S/c1-14(22)15-8-10-16(11-9-15)20-19(23)12-13-21(27(3,24)25)17-6-4-5-7-18(17)26-2/h4-11H,12-13H2,1-3H3,(H,20,23). The number of para-hydroxylation sites is 2. The van der Waals surface area contributed by atoms with Crippen LogP contribution in [0.25, 0.3) is 0 Å². The van der Waals surface area contributed by atoms with Crippen molar-refractivity contribution in [2.75, 3.05) is 29.5 Å². The van der Waals surface area contributed by atoms with E-state index >= 15 is 0 Å². The van der Waals surface area contributed by atoms with Crippen molar-refractivity contribution in [2.24, 2.45) is 0 Å². The number of hydrogen-bond acceptors (Lipinski definition) is 5. The van der Waals surface area contributed by atoms with Crippen LogP contribution < -0.4 is 14.4 Å². The number of ketones is 1. The number of nitrogens with one attached hydrogen (secondary N) is 1. The summed E-state index contributed by atoms with van der Waals surface area (Å²) in [6, 6.07) is 13.2. The molecule has 7 nitrogen and oxygen atoms in total. The molecule has 0 aliphatic rings. The molecule has 0 unspecified atom stereocenters. The van der Waals surface area contributed by atoms with Gasteiger partial charge in [0.25, 0.3) is 0 Å². The SMILES string of the molecule is COc1ccccc1N(CCC(=O)Nc1ccc(C(C)=O)cc1)S(C)(=O)=O. The molecule has 0 aromatic heterocycles. The summed E-state index contributed by atoms with van der Waals surface area (Å²) in [4.78, 5) is 23.5. The first-order valence-corrected chi connectivity index (χ1v) is 10.1. The zero-order valence-electron chi connectivity index (χ0n) is 15.4. The fourth-order valence-corrected chi connectivity index (χ4v) is 3.45. The van der Waals surface area contributed by atoms with Crippen LogP contribution in [0.4, 0.5) is 11.4 Å². The van der Waals surface area contributed by atoms with E-state index in [0.29, 0.717) is 22.7 Å². The maximum atomic E-state index is 12.2. The fraction of sp³-hybridized carbons (Fsp3) is 0.263. The highest BCUT2D eigenvalue weighted by atomic mass is 32.2. The van der Waals surface area contributed by atoms with Gasteiger partial charge in [0.15, 0.2) is 5.78 Å². The smallest absolute Gasteiger partial charge is 0.232 e. The van der Waals surface area contributed by atoms with Crippen LogP contribution in [-0.2, 0) is 14.8 Å². The molecule has 0 spiro atoms. The van der Waals surface area contributed by atoms with Gasteiger partial charge in [-0.1, -0.05) is 12.1 Å². The van der Waals surface area contributed by atoms with Crippen molar-refractivity contribution >= 4 is 33.1 Å². The molecule has 1 N–H and O–H groups in total. The zero-order chi connectivity index (χ0) is 20.0. The van der Waals surface area contributed by atoms with E-state index in [9.17, 15) is 18.0 Å². The summed E-state index contributed by atoms with van der Waals surface area (Å²) in [5.74, 6) is 0.00533. The molecular weight excluding hydrogens is 368 g/mol. The maximum absolute atomic E-state index is 12.2. The lowest BCUT2D eigenvalue weighted by Gasteiger charge is -2.24. The molecule has 1 amide bonds. The van der Waals surface area contributed by atoms with Gasteiger partial charge in [0.05, 0.1) is 19.1 Å². The number of carbonyl (C=O) groups excluding carboxylic acids is 2. The number of anilines is 2. The minimum absolute atomic E-state index is 0.0312. The summed E-state index contributed by atoms with van der Waals surface area (Å²) in [6.45, 7) is 1.43. The number of nitrogens with zero attached hydrogens (tertiary/aromatic N) is 1. The first kappa shape index (κ1) is 20.4. The van der Waals surface area contributed by atoms with Crippen molar-refractivity contribution < 1.29 is 22.7 Å². The number of Topliss-reactive ketones (excluding diaryl/α,β-unsaturated/α-hetero) is 1. The van der Waals surface area contributed by atoms with Crippen LogP contribution in [0.15, 0.2) is 48.5 Å². The second kappa shape index (κ2) is 8.68. The van der Waals surface area contributed by atoms with Crippen LogP contribution in [0.2, 0.25) is 0 Å². The van der Waals surface area contributed by atoms with Gasteiger partial charge in [-0.05, 0) is 43.3 Å². The van der Waals surface area contributed by atoms with Gasteiger partial charge in [-0.2, -0.15) is 0 Å². The highest BCUT2D eigenvalue weighted by Crippen LogP contribution is 2.29. The van der Waals surface area contributed by atoms with Crippen LogP contribution in [0.3, 0.4) is 0 Å². The molecule has 8 heteroatoms. The number of hydrogen-bond donors (Lipinski definition) is 1. The second-order valence-electron chi connectivity index (χ2n) is 5.94. The predicted octanol–water partition coefficient (Wildman–Crippen LogP) is 2.69. The summed E-state index contributed by atoms with van der Waals surface area (Å²) in [5, 5.41) is 2.69. The molecule has 0 saturated heterocycles. The normalized spacial score (nSPS) is 10.9. The second-order valence-corrected chi connectivity index (χ2v) is 7.85. The molecular formula is C19H22N2O5S. The molecule has 2 rings (SSSR count). The first-order chi connectivity index (χ1) is 12.7. The topological polar surface area (TPSA) is 92.8 Å². The van der Waals surface area contributed by atoms with Gasteiger partial charge in [-0.15, -0.1) is 0 Å². The van der Waals surface area contributed by atoms with Crippen molar-refractivity contribution in [1.82, 2.24) is 0 Å². The number of methoxy groups -OCH3 is 1. The first-order valence-electron chi connectivity index (χ1n) is 8.24. The van der Waals surface area contributed by atoms with E-state index in [-0.39, 0.29) is 24.7 Å². The third kappa shape index (κ3) is 5.55. The Morgan fingerprint density at radius 3 is 2.26 bits per heavy atom. The number of sulfonamides is 1. The van der Waals surface area contributed by atoms with E-state index in [0.717, 1.165) is 10.6 Å². The average molecular weight is 390 g/mol. The van der Waals surface area contributed by atoms with Crippen molar-refractivity contribution in [3.05, 3.63) is 54.1 Å². The summed E-state index contributed by atoms with van der Waals surface area (Å²) < 4.78 is 30.7. The molecule has 0 fully saturated rings. The third-order valence-corrected chi connectivity index (χ3v) is 5.05. The number of ether oxygens (including phenoxy) is 1. The zero-order valence-corrected chi connectivity index (χ0v) is 16.2. The van der Waals surface area contributed by atoms with Crippen molar-refractivity contribution in [3.8, 4) is 5.75 Å². The van der Waals surface area contributed by atoms with E-state index in [1.165, 1.54) is 14.0 Å². The Hall–Kier alpha value is -2.87. The quantitative estimate of drug-likeness (QED) is 0.700. The van der Waals surface area contributed by atoms with Crippen LogP contribution >= 0.6 is 0 Å². The molecule has 0 aliphatic heterocycles. The van der Waals surface area contributed by atoms with Gasteiger partial charge in [0.1, 0.15) is 5.75 Å². The molecule has 27 heavy (non-hydrogen) atoms. The molecule has 0 bridgehead atoms. The lowest BCUT2D eigenvalue weighted by atomic mass is 10.1. The van der Waals surface area contributed by atoms with Gasteiger partial charge < -0.3 is 10.1 Å². The molecule has 2 aromatic carbocycles. The number of carbonyl (C=O) groups is 2. The van der Waals surface area contributed by atoms with Gasteiger partial charge in [-0.3, -0.25) is 13.9 Å². The largest absolute Gasteiger partial charge is 0.495 e. The lowest BCUT2D eigenvalue weighted by Crippen LogP contribution is -2.33. The molecule has 144 valence electrons. The Kier molecular flexibility index (Phi) is 6.57. The number of rotatable bonds is 8. The Balaban J connectivity index is 2.08. The van der Waals surface area contributed by atoms with E-state index < -0.39 is 10.0 Å². The molecule has 0 aliphatic carbocycles. The number of amides is 1. The monoisotopic (exact) mass is 390 g/mol. The predicted molar refractivity (Wildman–Crippen MR) is 105 cm³/mol. The molecule has 0 radical (unpaired) electrons. The highest BCUT2D eigenvalue weighted by Gasteiger charge is 2.21. The summed E-state index contributed by atoms with van der Waals surface area (Å²) >= 11 is 0. The van der Waals surface area contributed by atoms with E-state index in [2.05, 4.69) is 5.32 Å². The Morgan fingerprint density at radius 2 is 1.70 bits per heavy atom. The Morgan fingerprint density at radius 1 is 1.07 bits per heavy atom. The van der Waals surface area contributed by atoms with Gasteiger partial charge >= 0.3 is 0 Å². The minimum atomic E-state index is -3.60. The van der Waals surface area contributed by atoms with Crippen LogP contribution in [0.1, 0.15) is 23.7 Å². The molecule has 2 aromatic rings. The van der Waals surface area contributed by atoms with Crippen molar-refractivity contribution in [3.63, 3.8) is 0 Å². The van der Waals surface area contributed by atoms with Crippen LogP contribution in [0.5, 0.6) is 5.75 Å². The van der Waals surface area contributed by atoms with E-state index in [4.69, 9.17) is 4.74 Å². The summed E-state index contributed by atoms with van der Waals surface area (Å²) in [6.07, 6.45) is 1.04. The van der Waals surface area contributed by atoms with Crippen molar-refractivity contribution in [2.45, 2.75) is 13.3 Å². The molecule has 0 atom stereocenters. The highest BCUT2D eigenvalue weighted by molar-refractivity contribution is 7.92. The van der Waals surface area contributed by atoms with E-state index in [1.54, 1.807) is 48.5 Å². The van der Waals surface area contributed by atoms with Crippen LogP contribution in [-0.4, -0.2) is 40.0 Å². The molecule has 0 heterocycles. The van der Waals surface area contributed by atoms with Gasteiger partial charge in [0, 0.05) is 24.2 Å². The summed E-state index contributed by atoms with van der Waals surface area (Å²) in [5.41, 5.74) is 1.46. The van der Waals surface area contributed by atoms with Crippen LogP contribution in [0, 0.1) is 0 Å². The Labute approximate surface area is 159 Å². The lowest BCUT2D eigenvalue weighted by molar-refractivity contribution is -0.116. The average Bonchev–Trinajstić information content (AvgIpc) is 2.61. The molecule has 0 saturated carbocycles. The fourth-order valence-electron chi connectivity index (χ4n) is 2.52. The van der Waals surface area contributed by atoms with Crippen molar-refractivity contribution in [1.29, 1.82) is 0 Å². The number of benzene rings is 2.